The number of aromatic nitrogens is 2. The van der Waals surface area contributed by atoms with Crippen molar-refractivity contribution in [1.29, 1.82) is 0 Å². The molecular formula is C16H21N3O2. The molecule has 0 fully saturated rings. The van der Waals surface area contributed by atoms with Gasteiger partial charge in [-0.3, -0.25) is 4.79 Å². The molecule has 0 bridgehead atoms. The summed E-state index contributed by atoms with van der Waals surface area (Å²) in [4.78, 5) is 18.0. The van der Waals surface area contributed by atoms with Gasteiger partial charge in [-0.25, -0.2) is 0 Å². The quantitative estimate of drug-likeness (QED) is 0.785. The van der Waals surface area contributed by atoms with Gasteiger partial charge in [0.15, 0.2) is 0 Å². The molecule has 0 aliphatic carbocycles. The van der Waals surface area contributed by atoms with Gasteiger partial charge in [0, 0.05) is 32.0 Å². The Bertz CT molecular complexity index is 566. The molecule has 0 aliphatic heterocycles. The Hall–Kier alpha value is -2.17. The van der Waals surface area contributed by atoms with Gasteiger partial charge in [-0.1, -0.05) is 48.8 Å². The van der Waals surface area contributed by atoms with Crippen molar-refractivity contribution in [3.63, 3.8) is 0 Å². The van der Waals surface area contributed by atoms with E-state index in [1.165, 1.54) is 0 Å². The second kappa shape index (κ2) is 7.57. The lowest BCUT2D eigenvalue weighted by molar-refractivity contribution is -0.130. The van der Waals surface area contributed by atoms with E-state index >= 15 is 0 Å². The van der Waals surface area contributed by atoms with Crippen LogP contribution in [0.2, 0.25) is 0 Å². The van der Waals surface area contributed by atoms with E-state index in [1.54, 1.807) is 4.90 Å². The molecule has 0 spiro atoms. The fraction of sp³-hybridized carbons (Fsp3) is 0.438. The molecule has 0 unspecified atom stereocenters. The summed E-state index contributed by atoms with van der Waals surface area (Å²) in [6.07, 6.45) is 2.99. The van der Waals surface area contributed by atoms with Crippen LogP contribution in [-0.2, 0) is 11.2 Å². The third-order valence-corrected chi connectivity index (χ3v) is 3.33. The van der Waals surface area contributed by atoms with Crippen molar-refractivity contribution >= 4 is 5.91 Å². The molecule has 1 aromatic heterocycles. The van der Waals surface area contributed by atoms with E-state index in [4.69, 9.17) is 4.52 Å². The van der Waals surface area contributed by atoms with Gasteiger partial charge in [-0.05, 0) is 6.42 Å². The minimum atomic E-state index is 0.114. The molecule has 2 rings (SSSR count). The van der Waals surface area contributed by atoms with Crippen molar-refractivity contribution < 1.29 is 9.32 Å². The topological polar surface area (TPSA) is 59.2 Å². The van der Waals surface area contributed by atoms with E-state index in [2.05, 4.69) is 17.1 Å². The third kappa shape index (κ3) is 4.41. The van der Waals surface area contributed by atoms with Crippen LogP contribution in [0.15, 0.2) is 34.9 Å². The number of carbonyl (C=O) groups excluding carboxylic acids is 1. The normalized spacial score (nSPS) is 10.6. The zero-order valence-corrected chi connectivity index (χ0v) is 12.6. The largest absolute Gasteiger partial charge is 0.346 e. The number of carbonyl (C=O) groups is 1. The smallest absolute Gasteiger partial charge is 0.227 e. The van der Waals surface area contributed by atoms with E-state index in [9.17, 15) is 4.79 Å². The van der Waals surface area contributed by atoms with Crippen LogP contribution in [0.3, 0.4) is 0 Å². The highest BCUT2D eigenvalue weighted by molar-refractivity contribution is 5.76. The summed E-state index contributed by atoms with van der Waals surface area (Å²) in [5.41, 5.74) is 0.916. The summed E-state index contributed by atoms with van der Waals surface area (Å²) in [7, 11) is 1.83. The first-order valence-electron chi connectivity index (χ1n) is 7.32. The molecule has 1 heterocycles. The lowest BCUT2D eigenvalue weighted by Gasteiger charge is -2.15. The molecular weight excluding hydrogens is 266 g/mol. The summed E-state index contributed by atoms with van der Waals surface area (Å²) in [5, 5.41) is 3.95. The van der Waals surface area contributed by atoms with Crippen LogP contribution in [0, 0.1) is 0 Å². The summed E-state index contributed by atoms with van der Waals surface area (Å²) in [6.45, 7) is 2.91. The Morgan fingerprint density at radius 2 is 2.05 bits per heavy atom. The highest BCUT2D eigenvalue weighted by Crippen LogP contribution is 2.15. The number of aryl methyl sites for hydroxylation is 1. The maximum Gasteiger partial charge on any atom is 0.227 e. The average Bonchev–Trinajstić information content (AvgIpc) is 3.00. The van der Waals surface area contributed by atoms with Crippen molar-refractivity contribution in [2.45, 2.75) is 32.6 Å². The number of nitrogens with zero attached hydrogens (tertiary/aromatic N) is 3. The molecule has 0 saturated heterocycles. The van der Waals surface area contributed by atoms with E-state index in [0.29, 0.717) is 24.6 Å². The molecule has 2 aromatic rings. The van der Waals surface area contributed by atoms with Crippen molar-refractivity contribution in [3.05, 3.63) is 36.2 Å². The minimum Gasteiger partial charge on any atom is -0.346 e. The highest BCUT2D eigenvalue weighted by Gasteiger charge is 2.12. The zero-order valence-electron chi connectivity index (χ0n) is 12.6. The van der Waals surface area contributed by atoms with Crippen LogP contribution < -0.4 is 0 Å². The van der Waals surface area contributed by atoms with Gasteiger partial charge in [0.05, 0.1) is 0 Å². The summed E-state index contributed by atoms with van der Waals surface area (Å²) in [6, 6.07) is 9.65. The van der Waals surface area contributed by atoms with Gasteiger partial charge in [-0.15, -0.1) is 0 Å². The number of unbranched alkanes of at least 4 members (excludes halogenated alkanes) is 1. The molecule has 0 atom stereocenters. The second-order valence-electron chi connectivity index (χ2n) is 5.05. The van der Waals surface area contributed by atoms with E-state index in [1.807, 2.05) is 37.4 Å². The molecule has 0 N–H and O–H groups in total. The number of hydrogen-bond acceptors (Lipinski definition) is 4. The molecule has 0 saturated carbocycles. The minimum absolute atomic E-state index is 0.114. The first-order valence-corrected chi connectivity index (χ1v) is 7.32. The van der Waals surface area contributed by atoms with Crippen molar-refractivity contribution in [2.24, 2.45) is 0 Å². The standard InChI is InChI=1S/C16H21N3O2/c1-3-4-12-19(2)15(20)11-10-14-17-16(18-21-14)13-8-6-5-7-9-13/h5-9H,3-4,10-12H2,1-2H3. The third-order valence-electron chi connectivity index (χ3n) is 3.33. The van der Waals surface area contributed by atoms with Gasteiger partial charge in [0.25, 0.3) is 0 Å². The van der Waals surface area contributed by atoms with Crippen LogP contribution in [0.5, 0.6) is 0 Å². The highest BCUT2D eigenvalue weighted by atomic mass is 16.5. The van der Waals surface area contributed by atoms with Crippen LogP contribution in [0.4, 0.5) is 0 Å². The molecule has 5 nitrogen and oxygen atoms in total. The predicted octanol–water partition coefficient (Wildman–Crippen LogP) is 2.93. The molecule has 0 radical (unpaired) electrons. The molecule has 112 valence electrons. The summed E-state index contributed by atoms with van der Waals surface area (Å²) in [5.74, 6) is 1.19. The maximum absolute atomic E-state index is 11.9. The van der Waals surface area contributed by atoms with Crippen LogP contribution in [-0.4, -0.2) is 34.5 Å². The predicted molar refractivity (Wildman–Crippen MR) is 80.6 cm³/mol. The molecule has 0 aliphatic rings. The second-order valence-corrected chi connectivity index (χ2v) is 5.05. The van der Waals surface area contributed by atoms with Crippen molar-refractivity contribution in [2.75, 3.05) is 13.6 Å². The Morgan fingerprint density at radius 1 is 1.29 bits per heavy atom. The Kier molecular flexibility index (Phi) is 5.49. The van der Waals surface area contributed by atoms with Gasteiger partial charge in [0.1, 0.15) is 0 Å². The van der Waals surface area contributed by atoms with E-state index in [-0.39, 0.29) is 5.91 Å². The molecule has 5 heteroatoms. The number of hydrogen-bond donors (Lipinski definition) is 0. The van der Waals surface area contributed by atoms with Crippen molar-refractivity contribution in [1.82, 2.24) is 15.0 Å². The molecule has 1 aromatic carbocycles. The summed E-state index contributed by atoms with van der Waals surface area (Å²) < 4.78 is 5.20. The molecule has 21 heavy (non-hydrogen) atoms. The number of amides is 1. The van der Waals surface area contributed by atoms with Gasteiger partial charge >= 0.3 is 0 Å². The van der Waals surface area contributed by atoms with Gasteiger partial charge in [0.2, 0.25) is 17.6 Å². The van der Waals surface area contributed by atoms with Gasteiger partial charge in [-0.2, -0.15) is 4.98 Å². The Labute approximate surface area is 125 Å². The fourth-order valence-corrected chi connectivity index (χ4v) is 1.99. The first-order chi connectivity index (χ1) is 10.2. The van der Waals surface area contributed by atoms with E-state index in [0.717, 1.165) is 24.9 Å². The lowest BCUT2D eigenvalue weighted by atomic mass is 10.2. The number of benzene rings is 1. The van der Waals surface area contributed by atoms with E-state index < -0.39 is 0 Å². The van der Waals surface area contributed by atoms with Crippen molar-refractivity contribution in [3.8, 4) is 11.4 Å². The monoisotopic (exact) mass is 287 g/mol. The fourth-order valence-electron chi connectivity index (χ4n) is 1.99. The summed E-state index contributed by atoms with van der Waals surface area (Å²) >= 11 is 0. The van der Waals surface area contributed by atoms with Crippen LogP contribution in [0.25, 0.3) is 11.4 Å². The zero-order chi connectivity index (χ0) is 15.1. The lowest BCUT2D eigenvalue weighted by Crippen LogP contribution is -2.27. The Balaban J connectivity index is 1.87. The Morgan fingerprint density at radius 3 is 2.76 bits per heavy atom. The van der Waals surface area contributed by atoms with Crippen LogP contribution >= 0.6 is 0 Å². The number of rotatable bonds is 7. The van der Waals surface area contributed by atoms with Crippen LogP contribution in [0.1, 0.15) is 32.1 Å². The average molecular weight is 287 g/mol. The SMILES string of the molecule is CCCCN(C)C(=O)CCc1nc(-c2ccccc2)no1. The molecule has 1 amide bonds. The first kappa shape index (κ1) is 15.2. The van der Waals surface area contributed by atoms with Gasteiger partial charge < -0.3 is 9.42 Å². The maximum atomic E-state index is 11.9.